The van der Waals surface area contributed by atoms with E-state index in [2.05, 4.69) is 10.2 Å². The molecule has 17 heavy (non-hydrogen) atoms. The van der Waals surface area contributed by atoms with Crippen molar-refractivity contribution >= 4 is 5.91 Å². The van der Waals surface area contributed by atoms with E-state index >= 15 is 0 Å². The lowest BCUT2D eigenvalue weighted by Crippen LogP contribution is -2.40. The van der Waals surface area contributed by atoms with Crippen LogP contribution in [0.25, 0.3) is 0 Å². The lowest BCUT2D eigenvalue weighted by atomic mass is 9.99. The predicted molar refractivity (Wildman–Crippen MR) is 63.4 cm³/mol. The minimum absolute atomic E-state index is 0.0751. The summed E-state index contributed by atoms with van der Waals surface area (Å²) in [6, 6.07) is 2.08. The first-order chi connectivity index (χ1) is 8.33. The van der Waals surface area contributed by atoms with Crippen LogP contribution in [0.15, 0.2) is 12.3 Å². The SMILES string of the molecule is CCOCC(=O)N1CCCC[C@@H]1c1ccn[nH]1. The number of aromatic amines is 1. The zero-order valence-corrected chi connectivity index (χ0v) is 10.2. The first-order valence-corrected chi connectivity index (χ1v) is 6.19. The molecule has 1 saturated heterocycles. The summed E-state index contributed by atoms with van der Waals surface area (Å²) in [7, 11) is 0. The van der Waals surface area contributed by atoms with E-state index in [0.29, 0.717) is 6.61 Å². The largest absolute Gasteiger partial charge is 0.372 e. The Bertz CT molecular complexity index is 351. The van der Waals surface area contributed by atoms with Gasteiger partial charge in [-0.3, -0.25) is 9.89 Å². The van der Waals surface area contributed by atoms with Gasteiger partial charge in [-0.25, -0.2) is 0 Å². The number of nitrogens with one attached hydrogen (secondary N) is 1. The van der Waals surface area contributed by atoms with Crippen molar-refractivity contribution in [2.75, 3.05) is 19.8 Å². The van der Waals surface area contributed by atoms with Crippen LogP contribution in [-0.4, -0.2) is 40.8 Å². The summed E-state index contributed by atoms with van der Waals surface area (Å²) in [5, 5.41) is 6.92. The molecule has 0 saturated carbocycles. The second kappa shape index (κ2) is 5.82. The highest BCUT2D eigenvalue weighted by atomic mass is 16.5. The van der Waals surface area contributed by atoms with Gasteiger partial charge in [0, 0.05) is 19.3 Å². The van der Waals surface area contributed by atoms with Crippen molar-refractivity contribution in [2.24, 2.45) is 0 Å². The molecule has 0 unspecified atom stereocenters. The summed E-state index contributed by atoms with van der Waals surface area (Å²) in [5.41, 5.74) is 1.02. The van der Waals surface area contributed by atoms with Gasteiger partial charge in [-0.05, 0) is 32.3 Å². The Morgan fingerprint density at radius 1 is 1.65 bits per heavy atom. The summed E-state index contributed by atoms with van der Waals surface area (Å²) in [5.74, 6) is 0.0751. The van der Waals surface area contributed by atoms with E-state index in [0.717, 1.165) is 31.5 Å². The number of aromatic nitrogens is 2. The molecular formula is C12H19N3O2. The van der Waals surface area contributed by atoms with Crippen LogP contribution in [0.5, 0.6) is 0 Å². The van der Waals surface area contributed by atoms with Crippen molar-refractivity contribution < 1.29 is 9.53 Å². The van der Waals surface area contributed by atoms with Gasteiger partial charge >= 0.3 is 0 Å². The van der Waals surface area contributed by atoms with E-state index in [9.17, 15) is 4.79 Å². The van der Waals surface area contributed by atoms with E-state index in [-0.39, 0.29) is 18.6 Å². The van der Waals surface area contributed by atoms with Gasteiger partial charge in [0.05, 0.1) is 11.7 Å². The Morgan fingerprint density at radius 3 is 3.24 bits per heavy atom. The standard InChI is InChI=1S/C12H19N3O2/c1-2-17-9-12(16)15-8-4-3-5-11(15)10-6-7-13-14-10/h6-7,11H,2-5,8-9H2,1H3,(H,13,14)/t11-/m1/s1. The Hall–Kier alpha value is -1.36. The topological polar surface area (TPSA) is 58.2 Å². The average Bonchev–Trinajstić information content (AvgIpc) is 2.89. The third-order valence-electron chi connectivity index (χ3n) is 3.13. The fourth-order valence-corrected chi connectivity index (χ4v) is 2.28. The van der Waals surface area contributed by atoms with Crippen molar-refractivity contribution in [1.82, 2.24) is 15.1 Å². The maximum absolute atomic E-state index is 12.0. The molecule has 1 aliphatic heterocycles. The molecule has 0 aromatic carbocycles. The summed E-state index contributed by atoms with van der Waals surface area (Å²) in [4.78, 5) is 13.9. The van der Waals surface area contributed by atoms with Crippen LogP contribution in [0.1, 0.15) is 37.9 Å². The maximum Gasteiger partial charge on any atom is 0.249 e. The first kappa shape index (κ1) is 12.1. The van der Waals surface area contributed by atoms with Crippen molar-refractivity contribution in [3.05, 3.63) is 18.0 Å². The second-order valence-corrected chi connectivity index (χ2v) is 4.25. The number of amides is 1. The number of H-pyrrole nitrogens is 1. The van der Waals surface area contributed by atoms with E-state index in [1.165, 1.54) is 0 Å². The van der Waals surface area contributed by atoms with Gasteiger partial charge < -0.3 is 9.64 Å². The van der Waals surface area contributed by atoms with Gasteiger partial charge in [0.2, 0.25) is 5.91 Å². The normalized spacial score (nSPS) is 20.5. The van der Waals surface area contributed by atoms with Crippen LogP contribution in [0, 0.1) is 0 Å². The summed E-state index contributed by atoms with van der Waals surface area (Å²) >= 11 is 0. The van der Waals surface area contributed by atoms with Gasteiger partial charge in [-0.2, -0.15) is 5.10 Å². The summed E-state index contributed by atoms with van der Waals surface area (Å²) in [6.07, 6.45) is 4.96. The zero-order valence-electron chi connectivity index (χ0n) is 10.2. The molecule has 0 radical (unpaired) electrons. The number of hydrogen-bond donors (Lipinski definition) is 1. The van der Waals surface area contributed by atoms with E-state index in [1.54, 1.807) is 6.20 Å². The zero-order chi connectivity index (χ0) is 12.1. The van der Waals surface area contributed by atoms with Gasteiger partial charge in [0.15, 0.2) is 0 Å². The van der Waals surface area contributed by atoms with Gasteiger partial charge in [-0.1, -0.05) is 0 Å². The molecule has 0 aliphatic carbocycles. The molecule has 94 valence electrons. The average molecular weight is 237 g/mol. The number of hydrogen-bond acceptors (Lipinski definition) is 3. The highest BCUT2D eigenvalue weighted by Gasteiger charge is 2.28. The van der Waals surface area contributed by atoms with E-state index < -0.39 is 0 Å². The molecule has 2 rings (SSSR count). The van der Waals surface area contributed by atoms with Crippen molar-refractivity contribution in [3.8, 4) is 0 Å². The highest BCUT2D eigenvalue weighted by Crippen LogP contribution is 2.29. The quantitative estimate of drug-likeness (QED) is 0.863. The molecule has 1 aromatic rings. The fourth-order valence-electron chi connectivity index (χ4n) is 2.28. The van der Waals surface area contributed by atoms with Crippen molar-refractivity contribution in [1.29, 1.82) is 0 Å². The summed E-state index contributed by atoms with van der Waals surface area (Å²) in [6.45, 7) is 3.47. The number of piperidine rings is 1. The van der Waals surface area contributed by atoms with Crippen LogP contribution in [0.4, 0.5) is 0 Å². The van der Waals surface area contributed by atoms with Crippen molar-refractivity contribution in [2.45, 2.75) is 32.2 Å². The molecule has 1 atom stereocenters. The molecule has 1 aliphatic rings. The molecular weight excluding hydrogens is 218 g/mol. The van der Waals surface area contributed by atoms with E-state index in [4.69, 9.17) is 4.74 Å². The van der Waals surface area contributed by atoms with Gasteiger partial charge in [-0.15, -0.1) is 0 Å². The number of ether oxygens (including phenoxy) is 1. The molecule has 0 spiro atoms. The Morgan fingerprint density at radius 2 is 2.53 bits per heavy atom. The van der Waals surface area contributed by atoms with Crippen LogP contribution in [-0.2, 0) is 9.53 Å². The van der Waals surface area contributed by atoms with Crippen LogP contribution >= 0.6 is 0 Å². The lowest BCUT2D eigenvalue weighted by Gasteiger charge is -2.35. The van der Waals surface area contributed by atoms with Gasteiger partial charge in [0.1, 0.15) is 6.61 Å². The molecule has 1 N–H and O–H groups in total. The molecule has 0 bridgehead atoms. The summed E-state index contributed by atoms with van der Waals surface area (Å²) < 4.78 is 5.20. The molecule has 1 aromatic heterocycles. The van der Waals surface area contributed by atoms with E-state index in [1.807, 2.05) is 17.9 Å². The minimum atomic E-state index is 0.0751. The molecule has 1 amide bonds. The Balaban J connectivity index is 2.04. The number of carbonyl (C=O) groups is 1. The Labute approximate surface area is 101 Å². The highest BCUT2D eigenvalue weighted by molar-refractivity contribution is 5.78. The van der Waals surface area contributed by atoms with Crippen molar-refractivity contribution in [3.63, 3.8) is 0 Å². The first-order valence-electron chi connectivity index (χ1n) is 6.19. The molecule has 5 nitrogen and oxygen atoms in total. The minimum Gasteiger partial charge on any atom is -0.372 e. The number of nitrogens with zero attached hydrogens (tertiary/aromatic N) is 2. The number of carbonyl (C=O) groups excluding carboxylic acids is 1. The molecule has 5 heteroatoms. The smallest absolute Gasteiger partial charge is 0.249 e. The fraction of sp³-hybridized carbons (Fsp3) is 0.667. The predicted octanol–water partition coefficient (Wildman–Crippen LogP) is 1.50. The monoisotopic (exact) mass is 237 g/mol. The molecule has 2 heterocycles. The second-order valence-electron chi connectivity index (χ2n) is 4.25. The van der Waals surface area contributed by atoms with Crippen LogP contribution < -0.4 is 0 Å². The molecule has 1 fully saturated rings. The Kier molecular flexibility index (Phi) is 4.14. The maximum atomic E-state index is 12.0. The van der Waals surface area contributed by atoms with Crippen LogP contribution in [0.2, 0.25) is 0 Å². The van der Waals surface area contributed by atoms with Crippen LogP contribution in [0.3, 0.4) is 0 Å². The number of likely N-dealkylation sites (tertiary alicyclic amines) is 1. The van der Waals surface area contributed by atoms with Gasteiger partial charge in [0.25, 0.3) is 0 Å². The third-order valence-corrected chi connectivity index (χ3v) is 3.13. The lowest BCUT2D eigenvalue weighted by molar-refractivity contribution is -0.140. The third kappa shape index (κ3) is 2.85. The number of rotatable bonds is 4.